The van der Waals surface area contributed by atoms with E-state index < -0.39 is 24.2 Å². The molecule has 0 unspecified atom stereocenters. The molecule has 8 rings (SSSR count). The van der Waals surface area contributed by atoms with Gasteiger partial charge >= 0.3 is 0 Å². The Balaban J connectivity index is 1.23. The van der Waals surface area contributed by atoms with Gasteiger partial charge < -0.3 is 8.98 Å². The van der Waals surface area contributed by atoms with Crippen LogP contribution in [0.2, 0.25) is 0 Å². The lowest BCUT2D eigenvalue weighted by Crippen LogP contribution is -1.93. The van der Waals surface area contributed by atoms with E-state index in [9.17, 15) is 0 Å². The first-order chi connectivity index (χ1) is 22.2. The highest BCUT2D eigenvalue weighted by atomic mass is 16.3. The zero-order chi connectivity index (χ0) is 32.0. The van der Waals surface area contributed by atoms with Crippen molar-refractivity contribution in [3.05, 3.63) is 139 Å². The molecule has 178 valence electrons. The molecule has 6 aromatic carbocycles. The number of para-hydroxylation sites is 3. The van der Waals surface area contributed by atoms with Crippen LogP contribution in [0.3, 0.4) is 0 Å². The van der Waals surface area contributed by atoms with Gasteiger partial charge in [0.15, 0.2) is 0 Å². The van der Waals surface area contributed by atoms with Gasteiger partial charge in [0.05, 0.1) is 22.0 Å². The van der Waals surface area contributed by atoms with Gasteiger partial charge in [-0.3, -0.25) is 0 Å². The summed E-state index contributed by atoms with van der Waals surface area (Å²) in [5, 5.41) is 2.27. The molecular formula is C36H23NO. The summed E-state index contributed by atoms with van der Waals surface area (Å²) in [5.41, 5.74) is 6.43. The molecule has 0 saturated heterocycles. The van der Waals surface area contributed by atoms with Crippen LogP contribution in [-0.2, 0) is 0 Å². The largest absolute Gasteiger partial charge is 0.456 e. The third-order valence-corrected chi connectivity index (χ3v) is 7.09. The minimum atomic E-state index is -0.458. The van der Waals surface area contributed by atoms with Crippen LogP contribution >= 0.6 is 0 Å². The number of hydrogen-bond donors (Lipinski definition) is 0. The maximum Gasteiger partial charge on any atom is 0.135 e. The van der Waals surface area contributed by atoms with Gasteiger partial charge in [-0.15, -0.1) is 0 Å². The van der Waals surface area contributed by atoms with Crippen LogP contribution in [-0.4, -0.2) is 4.57 Å². The van der Waals surface area contributed by atoms with Crippen molar-refractivity contribution < 1.29 is 15.4 Å². The number of aromatic nitrogens is 1. The summed E-state index contributed by atoms with van der Waals surface area (Å²) in [4.78, 5) is 0. The summed E-state index contributed by atoms with van der Waals surface area (Å²) in [7, 11) is 0. The molecule has 0 aliphatic carbocycles. The van der Waals surface area contributed by atoms with Crippen molar-refractivity contribution in [1.29, 1.82) is 0 Å². The smallest absolute Gasteiger partial charge is 0.135 e. The lowest BCUT2D eigenvalue weighted by Gasteiger charge is -2.10. The second-order valence-corrected chi connectivity index (χ2v) is 9.22. The summed E-state index contributed by atoms with van der Waals surface area (Å²) >= 11 is 0. The van der Waals surface area contributed by atoms with E-state index in [1.54, 1.807) is 12.1 Å². The average Bonchev–Trinajstić information content (AvgIpc) is 3.64. The molecule has 0 amide bonds. The highest BCUT2D eigenvalue weighted by Crippen LogP contribution is 2.34. The highest BCUT2D eigenvalue weighted by Gasteiger charge is 2.12. The zero-order valence-corrected chi connectivity index (χ0v) is 20.0. The number of nitrogens with zero attached hydrogens (tertiary/aromatic N) is 1. The number of benzene rings is 6. The molecule has 0 atom stereocenters. The lowest BCUT2D eigenvalue weighted by molar-refractivity contribution is 0.669. The molecule has 2 aromatic heterocycles. The van der Waals surface area contributed by atoms with Crippen LogP contribution in [0, 0.1) is 0 Å². The second kappa shape index (κ2) is 8.22. The highest BCUT2D eigenvalue weighted by molar-refractivity contribution is 6.09. The molecule has 0 N–H and O–H groups in total. The van der Waals surface area contributed by atoms with Crippen LogP contribution in [0.4, 0.5) is 0 Å². The summed E-state index contributed by atoms with van der Waals surface area (Å²) in [6.45, 7) is 0. The Morgan fingerprint density at radius 3 is 1.68 bits per heavy atom. The van der Waals surface area contributed by atoms with Gasteiger partial charge in [0.2, 0.25) is 0 Å². The number of furan rings is 1. The SMILES string of the molecule is [2H]c1c([2H])c([2H])c2c(c1[2H])c1c([2H])c([2H])c([2H])c([2H])c1n2-c1ccc(-c2ccc(-c3ccc4oc5ccccc5c4c3)cc2)cc1. The molecular weight excluding hydrogens is 462 g/mol. The summed E-state index contributed by atoms with van der Waals surface area (Å²) in [5.74, 6) is 0. The normalized spacial score (nSPS) is 14.6. The van der Waals surface area contributed by atoms with Gasteiger partial charge in [-0.25, -0.2) is 0 Å². The quantitative estimate of drug-likeness (QED) is 0.239. The first-order valence-corrected chi connectivity index (χ1v) is 12.3. The van der Waals surface area contributed by atoms with Crippen LogP contribution < -0.4 is 0 Å². The minimum absolute atomic E-state index is 0.0641. The number of hydrogen-bond acceptors (Lipinski definition) is 1. The van der Waals surface area contributed by atoms with Gasteiger partial charge in [0.25, 0.3) is 0 Å². The number of rotatable bonds is 3. The van der Waals surface area contributed by atoms with Gasteiger partial charge in [0.1, 0.15) is 11.2 Å². The van der Waals surface area contributed by atoms with Gasteiger partial charge in [0, 0.05) is 27.2 Å². The molecule has 0 bridgehead atoms. The van der Waals surface area contributed by atoms with Crippen LogP contribution in [0.15, 0.2) is 144 Å². The Morgan fingerprint density at radius 1 is 0.474 bits per heavy atom. The molecule has 0 saturated carbocycles. The molecule has 2 heteroatoms. The van der Waals surface area contributed by atoms with Crippen molar-refractivity contribution in [2.45, 2.75) is 0 Å². The zero-order valence-electron chi connectivity index (χ0n) is 28.0. The Bertz CT molecular complexity index is 2470. The standard InChI is InChI=1S/C36H23NO/c1-4-10-33-29(7-1)30-8-2-5-11-34(30)37(33)28-20-17-25(18-21-28)24-13-15-26(16-14-24)27-19-22-36-32(23-27)31-9-3-6-12-35(31)38-36/h1-23H/i1D,2D,4D,5D,7D,8D,10D,11D. The molecule has 2 nitrogen and oxygen atoms in total. The first kappa shape index (κ1) is 14.6. The fraction of sp³-hybridized carbons (Fsp3) is 0. The molecule has 38 heavy (non-hydrogen) atoms. The van der Waals surface area contributed by atoms with Crippen LogP contribution in [0.5, 0.6) is 0 Å². The van der Waals surface area contributed by atoms with Crippen LogP contribution in [0.1, 0.15) is 11.0 Å². The summed E-state index contributed by atoms with van der Waals surface area (Å²) < 4.78 is 75.2. The van der Waals surface area contributed by atoms with Crippen molar-refractivity contribution in [2.24, 2.45) is 0 Å². The molecule has 0 fully saturated rings. The van der Waals surface area contributed by atoms with E-state index in [1.807, 2.05) is 54.6 Å². The van der Waals surface area contributed by atoms with E-state index in [-0.39, 0.29) is 46.0 Å². The monoisotopic (exact) mass is 493 g/mol. The van der Waals surface area contributed by atoms with E-state index in [0.717, 1.165) is 44.2 Å². The first-order valence-electron chi connectivity index (χ1n) is 16.3. The van der Waals surface area contributed by atoms with Crippen molar-refractivity contribution in [1.82, 2.24) is 4.57 Å². The average molecular weight is 494 g/mol. The van der Waals surface area contributed by atoms with Crippen molar-refractivity contribution >= 4 is 43.7 Å². The minimum Gasteiger partial charge on any atom is -0.456 e. The summed E-state index contributed by atoms with van der Waals surface area (Å²) in [6, 6.07) is 26.6. The molecule has 0 aliphatic rings. The predicted octanol–water partition coefficient (Wildman–Crippen LogP) is 10.0. The Labute approximate surface area is 231 Å². The van der Waals surface area contributed by atoms with Crippen LogP contribution in [0.25, 0.3) is 71.7 Å². The van der Waals surface area contributed by atoms with E-state index >= 15 is 0 Å². The number of fused-ring (bicyclic) bond motifs is 6. The summed E-state index contributed by atoms with van der Waals surface area (Å²) in [6.07, 6.45) is 0. The van der Waals surface area contributed by atoms with E-state index in [1.165, 1.54) is 4.57 Å². The topological polar surface area (TPSA) is 18.1 Å². The van der Waals surface area contributed by atoms with Gasteiger partial charge in [-0.05, 0) is 64.7 Å². The Morgan fingerprint density at radius 2 is 1.00 bits per heavy atom. The molecule has 0 spiro atoms. The van der Waals surface area contributed by atoms with E-state index in [2.05, 4.69) is 24.3 Å². The van der Waals surface area contributed by atoms with Crippen molar-refractivity contribution in [2.75, 3.05) is 0 Å². The van der Waals surface area contributed by atoms with Gasteiger partial charge in [-0.1, -0.05) is 96.9 Å². The third kappa shape index (κ3) is 3.21. The molecule has 8 aromatic rings. The van der Waals surface area contributed by atoms with E-state index in [0.29, 0.717) is 5.69 Å². The Hall–Kier alpha value is -5.08. The molecule has 0 aliphatic heterocycles. The van der Waals surface area contributed by atoms with Crippen molar-refractivity contribution in [3.63, 3.8) is 0 Å². The maximum absolute atomic E-state index is 8.71. The molecule has 2 heterocycles. The molecule has 0 radical (unpaired) electrons. The Kier molecular flexibility index (Phi) is 3.16. The second-order valence-electron chi connectivity index (χ2n) is 9.22. The predicted molar refractivity (Wildman–Crippen MR) is 159 cm³/mol. The maximum atomic E-state index is 8.71. The lowest BCUT2D eigenvalue weighted by atomic mass is 9.99. The fourth-order valence-corrected chi connectivity index (χ4v) is 5.24. The van der Waals surface area contributed by atoms with E-state index in [4.69, 9.17) is 15.4 Å². The van der Waals surface area contributed by atoms with Gasteiger partial charge in [-0.2, -0.15) is 0 Å². The third-order valence-electron chi connectivity index (χ3n) is 7.09. The van der Waals surface area contributed by atoms with Crippen molar-refractivity contribution in [3.8, 4) is 27.9 Å². The fourth-order valence-electron chi connectivity index (χ4n) is 5.24.